The van der Waals surface area contributed by atoms with Crippen molar-refractivity contribution in [2.45, 2.75) is 26.7 Å². The van der Waals surface area contributed by atoms with Gasteiger partial charge in [-0.05, 0) is 31.0 Å². The lowest BCUT2D eigenvalue weighted by Crippen LogP contribution is -2.00. The maximum absolute atomic E-state index is 6.18. The molecule has 0 atom stereocenters. The molecule has 2 rings (SSSR count). The molecule has 0 saturated heterocycles. The third-order valence-corrected chi connectivity index (χ3v) is 3.11. The van der Waals surface area contributed by atoms with Crippen molar-refractivity contribution < 1.29 is 0 Å². The Bertz CT molecular complexity index is 585. The number of aromatic nitrogens is 2. The predicted octanol–water partition coefficient (Wildman–Crippen LogP) is 4.79. The van der Waals surface area contributed by atoms with Gasteiger partial charge >= 0.3 is 0 Å². The van der Waals surface area contributed by atoms with E-state index in [1.54, 1.807) is 6.07 Å². The zero-order valence-corrected chi connectivity index (χ0v) is 12.4. The summed E-state index contributed by atoms with van der Waals surface area (Å²) in [7, 11) is 0. The smallest absolute Gasteiger partial charge is 0.135 e. The highest BCUT2D eigenvalue weighted by atomic mass is 35.5. The molecule has 3 nitrogen and oxygen atoms in total. The average molecular weight is 296 g/mol. The van der Waals surface area contributed by atoms with E-state index in [1.165, 1.54) is 0 Å². The molecule has 0 aliphatic rings. The zero-order chi connectivity index (χ0) is 13.8. The number of anilines is 2. The molecule has 0 unspecified atom stereocenters. The van der Waals surface area contributed by atoms with Crippen LogP contribution in [0.1, 0.15) is 24.7 Å². The molecule has 0 aliphatic carbocycles. The fraction of sp³-hybridized carbons (Fsp3) is 0.286. The number of benzene rings is 1. The molecule has 0 saturated carbocycles. The third kappa shape index (κ3) is 3.82. The normalized spacial score (nSPS) is 10.5. The van der Waals surface area contributed by atoms with Gasteiger partial charge in [-0.15, -0.1) is 0 Å². The molecular weight excluding hydrogens is 281 g/mol. The second kappa shape index (κ2) is 6.22. The first-order chi connectivity index (χ1) is 9.08. The van der Waals surface area contributed by atoms with Gasteiger partial charge in [0.25, 0.3) is 0 Å². The van der Waals surface area contributed by atoms with Crippen molar-refractivity contribution in [1.82, 2.24) is 9.97 Å². The van der Waals surface area contributed by atoms with Crippen LogP contribution in [0.25, 0.3) is 0 Å². The lowest BCUT2D eigenvalue weighted by molar-refractivity contribution is 0.837. The van der Waals surface area contributed by atoms with E-state index in [0.717, 1.165) is 29.9 Å². The van der Waals surface area contributed by atoms with E-state index in [-0.39, 0.29) is 0 Å². The molecule has 19 heavy (non-hydrogen) atoms. The molecule has 0 aliphatic heterocycles. The van der Waals surface area contributed by atoms with E-state index in [1.807, 2.05) is 25.1 Å². The zero-order valence-electron chi connectivity index (χ0n) is 10.9. The van der Waals surface area contributed by atoms with Gasteiger partial charge in [0.15, 0.2) is 0 Å². The Kier molecular flexibility index (Phi) is 4.61. The highest BCUT2D eigenvalue weighted by Gasteiger charge is 2.05. The summed E-state index contributed by atoms with van der Waals surface area (Å²) in [5, 5.41) is 4.27. The van der Waals surface area contributed by atoms with Crippen molar-refractivity contribution in [1.29, 1.82) is 0 Å². The average Bonchev–Trinajstić information content (AvgIpc) is 2.32. The van der Waals surface area contributed by atoms with Crippen LogP contribution in [0.5, 0.6) is 0 Å². The van der Waals surface area contributed by atoms with Gasteiger partial charge in [0.05, 0.1) is 10.7 Å². The van der Waals surface area contributed by atoms with Crippen LogP contribution in [0.2, 0.25) is 10.2 Å². The first-order valence-electron chi connectivity index (χ1n) is 6.15. The maximum Gasteiger partial charge on any atom is 0.135 e. The summed E-state index contributed by atoms with van der Waals surface area (Å²) < 4.78 is 0. The molecular formula is C14H15Cl2N3. The van der Waals surface area contributed by atoms with Gasteiger partial charge in [0.1, 0.15) is 16.8 Å². The van der Waals surface area contributed by atoms with Gasteiger partial charge in [-0.3, -0.25) is 0 Å². The Labute approximate surface area is 123 Å². The second-order valence-corrected chi connectivity index (χ2v) is 5.14. The second-order valence-electron chi connectivity index (χ2n) is 4.35. The largest absolute Gasteiger partial charge is 0.339 e. The van der Waals surface area contributed by atoms with E-state index in [9.17, 15) is 0 Å². The summed E-state index contributed by atoms with van der Waals surface area (Å²) in [4.78, 5) is 8.60. The maximum atomic E-state index is 6.18. The lowest BCUT2D eigenvalue weighted by Gasteiger charge is -2.09. The number of rotatable bonds is 4. The first-order valence-corrected chi connectivity index (χ1v) is 6.90. The Morgan fingerprint density at radius 2 is 1.95 bits per heavy atom. The molecule has 1 heterocycles. The van der Waals surface area contributed by atoms with Crippen molar-refractivity contribution in [2.24, 2.45) is 0 Å². The number of hydrogen-bond acceptors (Lipinski definition) is 3. The van der Waals surface area contributed by atoms with E-state index in [2.05, 4.69) is 22.2 Å². The van der Waals surface area contributed by atoms with E-state index in [0.29, 0.717) is 16.0 Å². The van der Waals surface area contributed by atoms with Crippen LogP contribution in [0.15, 0.2) is 24.3 Å². The third-order valence-electron chi connectivity index (χ3n) is 2.60. The molecule has 0 bridgehead atoms. The first kappa shape index (κ1) is 14.1. The summed E-state index contributed by atoms with van der Waals surface area (Å²) in [6, 6.07) is 7.51. The van der Waals surface area contributed by atoms with Crippen molar-refractivity contribution in [3.05, 3.63) is 45.8 Å². The highest BCUT2D eigenvalue weighted by Crippen LogP contribution is 2.26. The van der Waals surface area contributed by atoms with Gasteiger partial charge < -0.3 is 5.32 Å². The van der Waals surface area contributed by atoms with E-state index < -0.39 is 0 Å². The number of aryl methyl sites for hydroxylation is 2. The Morgan fingerprint density at radius 1 is 1.16 bits per heavy atom. The van der Waals surface area contributed by atoms with Crippen LogP contribution in [-0.4, -0.2) is 9.97 Å². The van der Waals surface area contributed by atoms with Crippen molar-refractivity contribution in [2.75, 3.05) is 5.32 Å². The summed E-state index contributed by atoms with van der Waals surface area (Å²) in [5.41, 5.74) is 1.92. The molecule has 100 valence electrons. The summed E-state index contributed by atoms with van der Waals surface area (Å²) in [6.45, 7) is 4.07. The molecule has 0 amide bonds. The summed E-state index contributed by atoms with van der Waals surface area (Å²) in [6.07, 6.45) is 1.78. The minimum absolute atomic E-state index is 0.434. The molecule has 0 fully saturated rings. The molecule has 5 heteroatoms. The van der Waals surface area contributed by atoms with Crippen LogP contribution in [0.4, 0.5) is 11.5 Å². The van der Waals surface area contributed by atoms with Crippen LogP contribution in [0.3, 0.4) is 0 Å². The van der Waals surface area contributed by atoms with Crippen LogP contribution in [0, 0.1) is 6.92 Å². The molecule has 0 radical (unpaired) electrons. The number of nitrogens with one attached hydrogen (secondary N) is 1. The Morgan fingerprint density at radius 3 is 2.63 bits per heavy atom. The SMILES string of the molecule is CCCc1nc(Cl)cc(Nc2ccc(C)cc2Cl)n1. The summed E-state index contributed by atoms with van der Waals surface area (Å²) >= 11 is 12.2. The van der Waals surface area contributed by atoms with E-state index >= 15 is 0 Å². The van der Waals surface area contributed by atoms with Crippen molar-refractivity contribution in [3.8, 4) is 0 Å². The molecule has 2 aromatic rings. The molecule has 1 aromatic carbocycles. The van der Waals surface area contributed by atoms with Gasteiger partial charge in [0, 0.05) is 12.5 Å². The fourth-order valence-electron chi connectivity index (χ4n) is 1.72. The Hall–Kier alpha value is -1.32. The standard InChI is InChI=1S/C14H15Cl2N3/c1-3-4-13-18-12(16)8-14(19-13)17-11-6-5-9(2)7-10(11)15/h5-8H,3-4H2,1-2H3,(H,17,18,19). The topological polar surface area (TPSA) is 37.8 Å². The van der Waals surface area contributed by atoms with Gasteiger partial charge in [-0.2, -0.15) is 0 Å². The minimum atomic E-state index is 0.434. The number of nitrogens with zero attached hydrogens (tertiary/aromatic N) is 2. The minimum Gasteiger partial charge on any atom is -0.339 e. The Balaban J connectivity index is 2.27. The van der Waals surface area contributed by atoms with Crippen molar-refractivity contribution >= 4 is 34.7 Å². The van der Waals surface area contributed by atoms with Gasteiger partial charge in [0.2, 0.25) is 0 Å². The molecule has 1 N–H and O–H groups in total. The predicted molar refractivity (Wildman–Crippen MR) is 80.5 cm³/mol. The van der Waals surface area contributed by atoms with E-state index in [4.69, 9.17) is 23.2 Å². The molecule has 0 spiro atoms. The van der Waals surface area contributed by atoms with Gasteiger partial charge in [-0.25, -0.2) is 9.97 Å². The number of hydrogen-bond donors (Lipinski definition) is 1. The molecule has 1 aromatic heterocycles. The number of halogens is 2. The lowest BCUT2D eigenvalue weighted by atomic mass is 10.2. The monoisotopic (exact) mass is 295 g/mol. The summed E-state index contributed by atoms with van der Waals surface area (Å²) in [5.74, 6) is 1.40. The fourth-order valence-corrected chi connectivity index (χ4v) is 2.21. The van der Waals surface area contributed by atoms with Crippen LogP contribution < -0.4 is 5.32 Å². The van der Waals surface area contributed by atoms with Crippen molar-refractivity contribution in [3.63, 3.8) is 0 Å². The van der Waals surface area contributed by atoms with Gasteiger partial charge in [-0.1, -0.05) is 36.2 Å². The highest BCUT2D eigenvalue weighted by molar-refractivity contribution is 6.33. The van der Waals surface area contributed by atoms with Crippen LogP contribution in [-0.2, 0) is 6.42 Å². The van der Waals surface area contributed by atoms with Crippen LogP contribution >= 0.6 is 23.2 Å². The quantitative estimate of drug-likeness (QED) is 0.824.